The average molecular weight is 522 g/mol. The summed E-state index contributed by atoms with van der Waals surface area (Å²) in [6, 6.07) is 1.49. The minimum Gasteiger partial charge on any atom is -0.390 e. The lowest BCUT2D eigenvalue weighted by atomic mass is 9.99. The Morgan fingerprint density at radius 2 is 1.77 bits per heavy atom. The van der Waals surface area contributed by atoms with E-state index in [1.807, 2.05) is 13.8 Å². The maximum Gasteiger partial charge on any atom is 0.416 e. The van der Waals surface area contributed by atoms with Crippen LogP contribution in [0, 0.1) is 11.8 Å². The van der Waals surface area contributed by atoms with Crippen LogP contribution in [0.5, 0.6) is 0 Å². The van der Waals surface area contributed by atoms with Crippen molar-refractivity contribution in [3.63, 3.8) is 0 Å². The molecule has 1 aliphatic rings. The summed E-state index contributed by atoms with van der Waals surface area (Å²) in [5.74, 6) is 0.0151. The Bertz CT molecular complexity index is 921. The number of benzene rings is 1. The number of carbonyl (C=O) groups is 1. The van der Waals surface area contributed by atoms with E-state index < -0.39 is 45.9 Å². The summed E-state index contributed by atoms with van der Waals surface area (Å²) in [5.41, 5.74) is -0.961. The molecular formula is C24H38F3N3O4S. The van der Waals surface area contributed by atoms with Gasteiger partial charge in [-0.3, -0.25) is 4.79 Å². The molecule has 0 aromatic heterocycles. The van der Waals surface area contributed by atoms with Crippen LogP contribution in [-0.2, 0) is 21.0 Å². The Hall–Kier alpha value is -1.69. The maximum absolute atomic E-state index is 13.0. The van der Waals surface area contributed by atoms with Gasteiger partial charge in [-0.15, -0.1) is 0 Å². The number of hydrogen-bond donors (Lipinski definition) is 3. The molecule has 1 saturated heterocycles. The summed E-state index contributed by atoms with van der Waals surface area (Å²) in [6.07, 6.45) is -2.50. The Kier molecular flexibility index (Phi) is 10.6. The fourth-order valence-corrected chi connectivity index (χ4v) is 5.34. The van der Waals surface area contributed by atoms with Crippen LogP contribution in [0.4, 0.5) is 13.2 Å². The number of aliphatic hydroxyl groups is 1. The summed E-state index contributed by atoms with van der Waals surface area (Å²) in [7, 11) is -4.24. The van der Waals surface area contributed by atoms with Crippen molar-refractivity contribution in [1.29, 1.82) is 0 Å². The molecule has 1 heterocycles. The molecule has 2 unspecified atom stereocenters. The third-order valence-electron chi connectivity index (χ3n) is 6.06. The fourth-order valence-electron chi connectivity index (χ4n) is 4.13. The van der Waals surface area contributed by atoms with Gasteiger partial charge in [0, 0.05) is 13.1 Å². The van der Waals surface area contributed by atoms with E-state index in [0.29, 0.717) is 37.6 Å². The minimum absolute atomic E-state index is 0.0335. The van der Waals surface area contributed by atoms with E-state index in [-0.39, 0.29) is 17.2 Å². The second kappa shape index (κ2) is 12.5. The molecule has 1 aromatic rings. The van der Waals surface area contributed by atoms with E-state index in [4.69, 9.17) is 0 Å². The van der Waals surface area contributed by atoms with E-state index in [0.717, 1.165) is 31.5 Å². The molecule has 0 aliphatic carbocycles. The van der Waals surface area contributed by atoms with E-state index in [9.17, 15) is 31.5 Å². The van der Waals surface area contributed by atoms with Gasteiger partial charge in [-0.25, -0.2) is 8.42 Å². The van der Waals surface area contributed by atoms with Crippen molar-refractivity contribution in [2.45, 2.75) is 82.6 Å². The topological polar surface area (TPSA) is 98.7 Å². The summed E-state index contributed by atoms with van der Waals surface area (Å²) in [4.78, 5) is 14.8. The van der Waals surface area contributed by atoms with Crippen LogP contribution in [0.3, 0.4) is 0 Å². The second-order valence-corrected chi connectivity index (χ2v) is 11.8. The zero-order valence-electron chi connectivity index (χ0n) is 20.8. The Labute approximate surface area is 206 Å². The fraction of sp³-hybridized carbons (Fsp3) is 0.708. The number of alkyl halides is 3. The molecular weight excluding hydrogens is 483 g/mol. The van der Waals surface area contributed by atoms with Crippen LogP contribution in [-0.4, -0.2) is 62.2 Å². The highest BCUT2D eigenvalue weighted by Gasteiger charge is 2.34. The van der Waals surface area contributed by atoms with Crippen molar-refractivity contribution in [3.8, 4) is 0 Å². The maximum atomic E-state index is 13.0. The number of sulfonamides is 1. The van der Waals surface area contributed by atoms with E-state index >= 15 is 0 Å². The van der Waals surface area contributed by atoms with Crippen LogP contribution in [0.25, 0.3) is 0 Å². The van der Waals surface area contributed by atoms with Gasteiger partial charge in [-0.1, -0.05) is 27.7 Å². The molecule has 0 bridgehead atoms. The van der Waals surface area contributed by atoms with Crippen molar-refractivity contribution in [2.75, 3.05) is 19.6 Å². The first-order chi connectivity index (χ1) is 16.2. The summed E-state index contributed by atoms with van der Waals surface area (Å²) in [6.45, 7) is 10.0. The third kappa shape index (κ3) is 9.36. The number of β-amino-alcohol motifs (C(OH)–C–C–N with tert-alkyl or cyclic N) is 1. The molecule has 0 saturated carbocycles. The van der Waals surface area contributed by atoms with Crippen LogP contribution < -0.4 is 10.0 Å². The predicted molar refractivity (Wildman–Crippen MR) is 128 cm³/mol. The van der Waals surface area contributed by atoms with Crippen LogP contribution in [0.2, 0.25) is 0 Å². The monoisotopic (exact) mass is 521 g/mol. The molecule has 0 radical (unpaired) electrons. The zero-order chi connectivity index (χ0) is 26.4. The first-order valence-corrected chi connectivity index (χ1v) is 13.6. The van der Waals surface area contributed by atoms with Crippen molar-refractivity contribution in [2.24, 2.45) is 11.8 Å². The Morgan fingerprint density at radius 1 is 1.14 bits per heavy atom. The number of likely N-dealkylation sites (tertiary alicyclic amines) is 1. The summed E-state index contributed by atoms with van der Waals surface area (Å²) in [5, 5.41) is 13.4. The number of rotatable bonds is 11. The smallest absolute Gasteiger partial charge is 0.390 e. The van der Waals surface area contributed by atoms with E-state index in [1.165, 1.54) is 0 Å². The summed E-state index contributed by atoms with van der Waals surface area (Å²) < 4.78 is 66.4. The zero-order valence-corrected chi connectivity index (χ0v) is 21.6. The van der Waals surface area contributed by atoms with Gasteiger partial charge in [0.15, 0.2) is 0 Å². The number of amides is 1. The number of nitrogens with zero attached hydrogens (tertiary/aromatic N) is 1. The molecule has 3 atom stereocenters. The Balaban J connectivity index is 2.03. The number of carbonyl (C=O) groups excluding carboxylic acids is 1. The predicted octanol–water partition coefficient (Wildman–Crippen LogP) is 3.39. The van der Waals surface area contributed by atoms with E-state index in [1.54, 1.807) is 0 Å². The molecule has 3 N–H and O–H groups in total. The molecule has 0 spiro atoms. The molecule has 7 nitrogen and oxygen atoms in total. The lowest BCUT2D eigenvalue weighted by molar-refractivity contribution is -0.137. The van der Waals surface area contributed by atoms with Crippen molar-refractivity contribution >= 4 is 15.9 Å². The first kappa shape index (κ1) is 29.5. The van der Waals surface area contributed by atoms with E-state index in [2.05, 4.69) is 28.8 Å². The number of aliphatic hydroxyl groups excluding tert-OH is 1. The van der Waals surface area contributed by atoms with Gasteiger partial charge in [0.2, 0.25) is 15.9 Å². The van der Waals surface area contributed by atoms with Gasteiger partial charge in [0.1, 0.15) is 6.04 Å². The van der Waals surface area contributed by atoms with Crippen LogP contribution in [0.15, 0.2) is 29.2 Å². The molecule has 1 aromatic carbocycles. The normalized spacial score (nSPS) is 20.9. The minimum atomic E-state index is -4.58. The van der Waals surface area contributed by atoms with Gasteiger partial charge in [0.05, 0.1) is 22.6 Å². The highest BCUT2D eigenvalue weighted by Crippen LogP contribution is 2.29. The average Bonchev–Trinajstić information content (AvgIpc) is 2.74. The van der Waals surface area contributed by atoms with Crippen LogP contribution in [0.1, 0.15) is 58.9 Å². The van der Waals surface area contributed by atoms with Gasteiger partial charge in [-0.05, 0) is 68.3 Å². The highest BCUT2D eigenvalue weighted by molar-refractivity contribution is 7.89. The quantitative estimate of drug-likeness (QED) is 0.415. The van der Waals surface area contributed by atoms with Gasteiger partial charge < -0.3 is 15.3 Å². The van der Waals surface area contributed by atoms with Gasteiger partial charge in [-0.2, -0.15) is 17.9 Å². The molecule has 35 heavy (non-hydrogen) atoms. The molecule has 1 fully saturated rings. The molecule has 1 aliphatic heterocycles. The van der Waals surface area contributed by atoms with Gasteiger partial charge >= 0.3 is 6.18 Å². The van der Waals surface area contributed by atoms with Crippen molar-refractivity contribution < 1.29 is 31.5 Å². The van der Waals surface area contributed by atoms with Crippen molar-refractivity contribution in [1.82, 2.24) is 14.9 Å². The third-order valence-corrected chi connectivity index (χ3v) is 7.55. The van der Waals surface area contributed by atoms with Crippen molar-refractivity contribution in [3.05, 3.63) is 29.8 Å². The Morgan fingerprint density at radius 3 is 2.29 bits per heavy atom. The highest BCUT2D eigenvalue weighted by atomic mass is 32.2. The molecule has 11 heteroatoms. The summed E-state index contributed by atoms with van der Waals surface area (Å²) >= 11 is 0. The standard InChI is InChI=1S/C24H38F3N3O4S/c1-16(2)6-5-12-30-13-11-20(22(31)15-30)28-23(32)21(14-17(3)4)29-35(33,34)19-9-7-18(8-10-19)24(25,26)27/h7-10,16-17,20-22,29,31H,5-6,11-15H2,1-4H3,(H,28,32)/t20?,21-,22?/m0/s1. The molecule has 1 amide bonds. The van der Waals surface area contributed by atoms with Crippen LogP contribution >= 0.6 is 0 Å². The first-order valence-electron chi connectivity index (χ1n) is 12.1. The molecule has 2 rings (SSSR count). The lowest BCUT2D eigenvalue weighted by Crippen LogP contribution is -2.57. The molecule has 200 valence electrons. The van der Waals surface area contributed by atoms with Gasteiger partial charge in [0.25, 0.3) is 0 Å². The number of nitrogens with one attached hydrogen (secondary N) is 2. The second-order valence-electron chi connectivity index (χ2n) is 10.1. The lowest BCUT2D eigenvalue weighted by Gasteiger charge is -2.37. The number of halogens is 3. The SMILES string of the molecule is CC(C)CCCN1CCC(NC(=O)[C@H](CC(C)C)NS(=O)(=O)c2ccc(C(F)(F)F)cc2)C(O)C1. The largest absolute Gasteiger partial charge is 0.416 e. The number of hydrogen-bond acceptors (Lipinski definition) is 5. The number of piperidine rings is 1.